The van der Waals surface area contributed by atoms with Crippen molar-refractivity contribution in [1.82, 2.24) is 20.1 Å². The minimum atomic E-state index is 0.297. The molecule has 0 atom stereocenters. The molecule has 2 aromatic heterocycles. The van der Waals surface area contributed by atoms with E-state index in [1.807, 2.05) is 0 Å². The summed E-state index contributed by atoms with van der Waals surface area (Å²) < 4.78 is 9.99. The molecule has 0 aromatic carbocycles. The molecule has 8 heteroatoms. The van der Waals surface area contributed by atoms with Crippen LogP contribution in [0.3, 0.4) is 0 Å². The number of hydrogen-bond acceptors (Lipinski definition) is 8. The van der Waals surface area contributed by atoms with Gasteiger partial charge < -0.3 is 20.3 Å². The fraction of sp³-hybridized carbons (Fsp3) is 0.400. The average molecular weight is 250 g/mol. The van der Waals surface area contributed by atoms with Crippen molar-refractivity contribution in [2.75, 3.05) is 24.7 Å². The molecule has 3 N–H and O–H groups in total. The Hall–Kier alpha value is -2.38. The highest BCUT2D eigenvalue weighted by Crippen LogP contribution is 2.25. The van der Waals surface area contributed by atoms with Gasteiger partial charge in [-0.25, -0.2) is 9.97 Å². The van der Waals surface area contributed by atoms with E-state index in [1.165, 1.54) is 13.4 Å². The number of nitrogens with zero attached hydrogens (tertiary/aromatic N) is 4. The molecule has 0 aliphatic heterocycles. The highest BCUT2D eigenvalue weighted by molar-refractivity contribution is 5.61. The summed E-state index contributed by atoms with van der Waals surface area (Å²) in [5.74, 6) is 2.47. The van der Waals surface area contributed by atoms with Gasteiger partial charge in [0, 0.05) is 19.9 Å². The zero-order valence-electron chi connectivity index (χ0n) is 10.2. The van der Waals surface area contributed by atoms with E-state index in [0.717, 1.165) is 0 Å². The van der Waals surface area contributed by atoms with Crippen molar-refractivity contribution in [2.24, 2.45) is 0 Å². The highest BCUT2D eigenvalue weighted by atomic mass is 16.5. The molecule has 2 rings (SSSR count). The number of nitrogens with two attached hydrogens (primary N) is 1. The standard InChI is InChI=1S/C10H14N6O2/c1-6-15-7(16-18-6)3-4-12-10-8(17-2)9(11)13-5-14-10/h5H,3-4H2,1-2H3,(H3,11,12,13,14). The Kier molecular flexibility index (Phi) is 3.56. The van der Waals surface area contributed by atoms with Gasteiger partial charge in [0.05, 0.1) is 7.11 Å². The maximum Gasteiger partial charge on any atom is 0.223 e. The van der Waals surface area contributed by atoms with Gasteiger partial charge in [-0.05, 0) is 0 Å². The summed E-state index contributed by atoms with van der Waals surface area (Å²) in [6.45, 7) is 2.34. The topological polar surface area (TPSA) is 112 Å². The van der Waals surface area contributed by atoms with E-state index >= 15 is 0 Å². The second kappa shape index (κ2) is 5.30. The number of anilines is 2. The number of methoxy groups -OCH3 is 1. The third kappa shape index (κ3) is 2.65. The summed E-state index contributed by atoms with van der Waals surface area (Å²) in [7, 11) is 1.52. The quantitative estimate of drug-likeness (QED) is 0.784. The zero-order chi connectivity index (χ0) is 13.0. The van der Waals surface area contributed by atoms with Gasteiger partial charge in [-0.2, -0.15) is 4.98 Å². The molecule has 0 amide bonds. The summed E-state index contributed by atoms with van der Waals surface area (Å²) in [6.07, 6.45) is 1.99. The predicted octanol–water partition coefficient (Wildman–Crippen LogP) is 0.413. The Labute approximate surface area is 104 Å². The summed E-state index contributed by atoms with van der Waals surface area (Å²) in [4.78, 5) is 12.0. The lowest BCUT2D eigenvalue weighted by atomic mass is 10.4. The molecule has 0 spiro atoms. The molecule has 96 valence electrons. The molecule has 18 heavy (non-hydrogen) atoms. The van der Waals surface area contributed by atoms with E-state index in [4.69, 9.17) is 15.0 Å². The first-order chi connectivity index (χ1) is 8.70. The number of rotatable bonds is 5. The lowest BCUT2D eigenvalue weighted by Gasteiger charge is -2.09. The van der Waals surface area contributed by atoms with Gasteiger partial charge in [-0.15, -0.1) is 0 Å². The molecule has 2 aromatic rings. The molecular formula is C10H14N6O2. The van der Waals surface area contributed by atoms with E-state index in [2.05, 4.69) is 25.4 Å². The molecule has 2 heterocycles. The van der Waals surface area contributed by atoms with Crippen LogP contribution in [0.4, 0.5) is 11.6 Å². The summed E-state index contributed by atoms with van der Waals surface area (Å²) >= 11 is 0. The van der Waals surface area contributed by atoms with Gasteiger partial charge in [0.2, 0.25) is 11.6 Å². The van der Waals surface area contributed by atoms with Crippen molar-refractivity contribution in [3.63, 3.8) is 0 Å². The molecule has 0 bridgehead atoms. The fourth-order valence-electron chi connectivity index (χ4n) is 1.45. The fourth-order valence-corrected chi connectivity index (χ4v) is 1.45. The van der Waals surface area contributed by atoms with E-state index in [9.17, 15) is 0 Å². The van der Waals surface area contributed by atoms with Crippen LogP contribution in [0.1, 0.15) is 11.7 Å². The monoisotopic (exact) mass is 250 g/mol. The Morgan fingerprint density at radius 1 is 1.44 bits per heavy atom. The number of nitrogens with one attached hydrogen (secondary N) is 1. The number of hydrogen-bond donors (Lipinski definition) is 2. The number of aromatic nitrogens is 4. The van der Waals surface area contributed by atoms with Crippen molar-refractivity contribution >= 4 is 11.6 Å². The number of ether oxygens (including phenoxy) is 1. The van der Waals surface area contributed by atoms with Crippen LogP contribution < -0.4 is 15.8 Å². The van der Waals surface area contributed by atoms with Gasteiger partial charge in [-0.1, -0.05) is 5.16 Å². The van der Waals surface area contributed by atoms with Crippen molar-refractivity contribution in [3.8, 4) is 5.75 Å². The van der Waals surface area contributed by atoms with E-state index in [-0.39, 0.29) is 0 Å². The van der Waals surface area contributed by atoms with Crippen LogP contribution in [-0.4, -0.2) is 33.8 Å². The van der Waals surface area contributed by atoms with Crippen LogP contribution in [0.25, 0.3) is 0 Å². The van der Waals surface area contributed by atoms with Crippen molar-refractivity contribution < 1.29 is 9.26 Å². The van der Waals surface area contributed by atoms with Crippen LogP contribution in [0, 0.1) is 6.92 Å². The lowest BCUT2D eigenvalue weighted by Crippen LogP contribution is -2.10. The van der Waals surface area contributed by atoms with Crippen LogP contribution in [0.5, 0.6) is 5.75 Å². The Balaban J connectivity index is 1.96. The minimum Gasteiger partial charge on any atom is -0.490 e. The van der Waals surface area contributed by atoms with Gasteiger partial charge >= 0.3 is 0 Å². The molecule has 0 aliphatic rings. The van der Waals surface area contributed by atoms with Gasteiger partial charge in [0.15, 0.2) is 17.5 Å². The maximum atomic E-state index is 5.66. The first kappa shape index (κ1) is 12.1. The molecule has 0 aliphatic carbocycles. The molecule has 0 saturated carbocycles. The maximum absolute atomic E-state index is 5.66. The van der Waals surface area contributed by atoms with Gasteiger partial charge in [0.1, 0.15) is 6.33 Å². The zero-order valence-corrected chi connectivity index (χ0v) is 10.2. The van der Waals surface area contributed by atoms with Gasteiger partial charge in [0.25, 0.3) is 0 Å². The van der Waals surface area contributed by atoms with Crippen molar-refractivity contribution in [1.29, 1.82) is 0 Å². The van der Waals surface area contributed by atoms with E-state index in [0.29, 0.717) is 42.1 Å². The predicted molar refractivity (Wildman–Crippen MR) is 64.2 cm³/mol. The average Bonchev–Trinajstić information content (AvgIpc) is 2.75. The number of aryl methyl sites for hydroxylation is 1. The lowest BCUT2D eigenvalue weighted by molar-refractivity contribution is 0.387. The van der Waals surface area contributed by atoms with Crippen LogP contribution in [0.2, 0.25) is 0 Å². The third-order valence-electron chi connectivity index (χ3n) is 2.25. The summed E-state index contributed by atoms with van der Waals surface area (Å²) in [5, 5.41) is 6.88. The first-order valence-electron chi connectivity index (χ1n) is 5.38. The Morgan fingerprint density at radius 3 is 2.94 bits per heavy atom. The van der Waals surface area contributed by atoms with Gasteiger partial charge in [-0.3, -0.25) is 0 Å². The van der Waals surface area contributed by atoms with Crippen molar-refractivity contribution in [2.45, 2.75) is 13.3 Å². The van der Waals surface area contributed by atoms with Crippen LogP contribution in [-0.2, 0) is 6.42 Å². The Bertz CT molecular complexity index is 527. The SMILES string of the molecule is COc1c(N)ncnc1NCCc1noc(C)n1. The first-order valence-corrected chi connectivity index (χ1v) is 5.38. The van der Waals surface area contributed by atoms with Crippen LogP contribution >= 0.6 is 0 Å². The molecular weight excluding hydrogens is 236 g/mol. The molecule has 0 fully saturated rings. The van der Waals surface area contributed by atoms with E-state index in [1.54, 1.807) is 6.92 Å². The number of nitrogen functional groups attached to an aromatic ring is 1. The van der Waals surface area contributed by atoms with E-state index < -0.39 is 0 Å². The smallest absolute Gasteiger partial charge is 0.223 e. The highest BCUT2D eigenvalue weighted by Gasteiger charge is 2.09. The van der Waals surface area contributed by atoms with Crippen LogP contribution in [0.15, 0.2) is 10.9 Å². The van der Waals surface area contributed by atoms with Crippen molar-refractivity contribution in [3.05, 3.63) is 18.0 Å². The molecule has 0 saturated heterocycles. The molecule has 0 radical (unpaired) electrons. The Morgan fingerprint density at radius 2 is 2.28 bits per heavy atom. The summed E-state index contributed by atoms with van der Waals surface area (Å²) in [5.41, 5.74) is 5.66. The summed E-state index contributed by atoms with van der Waals surface area (Å²) in [6, 6.07) is 0. The second-order valence-electron chi connectivity index (χ2n) is 3.55. The normalized spacial score (nSPS) is 10.3. The minimum absolute atomic E-state index is 0.297. The largest absolute Gasteiger partial charge is 0.490 e. The second-order valence-corrected chi connectivity index (χ2v) is 3.55. The third-order valence-corrected chi connectivity index (χ3v) is 2.25. The molecule has 8 nitrogen and oxygen atoms in total. The molecule has 0 unspecified atom stereocenters.